The number of hydrogen-bond acceptors (Lipinski definition) is 3. The van der Waals surface area contributed by atoms with Gasteiger partial charge in [-0.3, -0.25) is 4.79 Å². The molecular weight excluding hydrogens is 312 g/mol. The van der Waals surface area contributed by atoms with Crippen LogP contribution in [0.1, 0.15) is 31.7 Å². The monoisotopic (exact) mass is 338 g/mol. The van der Waals surface area contributed by atoms with Crippen molar-refractivity contribution in [1.82, 2.24) is 10.6 Å². The topological polar surface area (TPSA) is 50.4 Å². The molecule has 128 valence electrons. The summed E-state index contributed by atoms with van der Waals surface area (Å²) in [7, 11) is 0. The Kier molecular flexibility index (Phi) is 6.31. The second-order valence-corrected chi connectivity index (χ2v) is 6.49. The van der Waals surface area contributed by atoms with Gasteiger partial charge in [-0.25, -0.2) is 0 Å². The van der Waals surface area contributed by atoms with Crippen molar-refractivity contribution in [1.29, 1.82) is 0 Å². The molecule has 4 nitrogen and oxygen atoms in total. The van der Waals surface area contributed by atoms with Crippen molar-refractivity contribution in [3.8, 4) is 5.75 Å². The Balaban J connectivity index is 0.00000192. The molecule has 2 aliphatic rings. The van der Waals surface area contributed by atoms with Crippen molar-refractivity contribution < 1.29 is 9.53 Å². The van der Waals surface area contributed by atoms with Crippen molar-refractivity contribution >= 4 is 18.3 Å². The van der Waals surface area contributed by atoms with Gasteiger partial charge in [0.2, 0.25) is 5.91 Å². The first kappa shape index (κ1) is 18.1. The highest BCUT2D eigenvalue weighted by Gasteiger charge is 2.57. The van der Waals surface area contributed by atoms with Crippen molar-refractivity contribution in [3.05, 3.63) is 29.8 Å². The quantitative estimate of drug-likeness (QED) is 0.838. The van der Waals surface area contributed by atoms with Crippen LogP contribution in [0.4, 0.5) is 0 Å². The maximum absolute atomic E-state index is 12.3. The van der Waals surface area contributed by atoms with E-state index in [4.69, 9.17) is 4.74 Å². The van der Waals surface area contributed by atoms with E-state index in [0.29, 0.717) is 12.0 Å². The van der Waals surface area contributed by atoms with Crippen molar-refractivity contribution in [3.63, 3.8) is 0 Å². The number of halogens is 1. The Morgan fingerprint density at radius 3 is 2.65 bits per heavy atom. The number of piperidine rings is 1. The summed E-state index contributed by atoms with van der Waals surface area (Å²) in [6.45, 7) is 5.52. The van der Waals surface area contributed by atoms with E-state index in [1.54, 1.807) is 0 Å². The van der Waals surface area contributed by atoms with Gasteiger partial charge < -0.3 is 15.4 Å². The largest absolute Gasteiger partial charge is 0.494 e. The molecule has 0 bridgehead atoms. The third kappa shape index (κ3) is 4.39. The summed E-state index contributed by atoms with van der Waals surface area (Å²) in [5, 5.41) is 6.49. The maximum atomic E-state index is 12.3. The standard InChI is InChI=1S/C18H26N2O2.ClH/c1-2-22-15-5-3-14(4-6-15)7-10-20-17(21)16-13-18(16)8-11-19-12-9-18;/h3-6,16,19H,2,7-13H2,1H3,(H,20,21);1H. The minimum Gasteiger partial charge on any atom is -0.494 e. The molecule has 1 aliphatic carbocycles. The first-order chi connectivity index (χ1) is 10.7. The molecule has 1 atom stereocenters. The zero-order valence-electron chi connectivity index (χ0n) is 13.8. The summed E-state index contributed by atoms with van der Waals surface area (Å²) in [6.07, 6.45) is 4.27. The second-order valence-electron chi connectivity index (χ2n) is 6.49. The summed E-state index contributed by atoms with van der Waals surface area (Å²) >= 11 is 0. The molecule has 1 spiro atoms. The summed E-state index contributed by atoms with van der Waals surface area (Å²) in [6, 6.07) is 8.13. The van der Waals surface area contributed by atoms with Crippen LogP contribution >= 0.6 is 12.4 Å². The number of carbonyl (C=O) groups is 1. The normalized spacial score (nSPS) is 21.3. The fourth-order valence-corrected chi connectivity index (χ4v) is 3.57. The fraction of sp³-hybridized carbons (Fsp3) is 0.611. The maximum Gasteiger partial charge on any atom is 0.223 e. The van der Waals surface area contributed by atoms with Gasteiger partial charge in [-0.1, -0.05) is 12.1 Å². The lowest BCUT2D eigenvalue weighted by molar-refractivity contribution is -0.123. The summed E-state index contributed by atoms with van der Waals surface area (Å²) < 4.78 is 5.43. The van der Waals surface area contributed by atoms with E-state index in [0.717, 1.165) is 51.1 Å². The number of hydrogen-bond donors (Lipinski definition) is 2. The molecule has 0 aromatic heterocycles. The van der Waals surface area contributed by atoms with Crippen LogP contribution in [-0.2, 0) is 11.2 Å². The Bertz CT molecular complexity index is 512. The summed E-state index contributed by atoms with van der Waals surface area (Å²) in [5.74, 6) is 1.42. The molecule has 0 radical (unpaired) electrons. The van der Waals surface area contributed by atoms with Crippen LogP contribution in [0.15, 0.2) is 24.3 Å². The zero-order chi connectivity index (χ0) is 15.4. The lowest BCUT2D eigenvalue weighted by atomic mass is 9.92. The van der Waals surface area contributed by atoms with Crippen molar-refractivity contribution in [2.24, 2.45) is 11.3 Å². The summed E-state index contributed by atoms with van der Waals surface area (Å²) in [4.78, 5) is 12.3. The van der Waals surface area contributed by atoms with E-state index in [-0.39, 0.29) is 24.2 Å². The van der Waals surface area contributed by atoms with Gasteiger partial charge >= 0.3 is 0 Å². The van der Waals surface area contributed by atoms with Crippen LogP contribution < -0.4 is 15.4 Å². The van der Waals surface area contributed by atoms with Crippen molar-refractivity contribution in [2.45, 2.75) is 32.6 Å². The predicted molar refractivity (Wildman–Crippen MR) is 94.2 cm³/mol. The Hall–Kier alpha value is -1.26. The average Bonchev–Trinajstić information content (AvgIpc) is 3.23. The smallest absolute Gasteiger partial charge is 0.223 e. The number of rotatable bonds is 6. The molecule has 1 aliphatic heterocycles. The van der Waals surface area contributed by atoms with Gasteiger partial charge in [-0.2, -0.15) is 0 Å². The Morgan fingerprint density at radius 2 is 2.00 bits per heavy atom. The minimum atomic E-state index is 0. The van der Waals surface area contributed by atoms with Gasteiger partial charge in [0.25, 0.3) is 0 Å². The van der Waals surface area contributed by atoms with Crippen LogP contribution in [0.5, 0.6) is 5.75 Å². The molecule has 1 aromatic carbocycles. The molecule has 1 saturated heterocycles. The van der Waals surface area contributed by atoms with E-state index < -0.39 is 0 Å². The molecule has 2 fully saturated rings. The predicted octanol–water partition coefficient (Wildman–Crippen LogP) is 2.56. The molecule has 1 heterocycles. The zero-order valence-corrected chi connectivity index (χ0v) is 14.6. The molecule has 5 heteroatoms. The SMILES string of the molecule is CCOc1ccc(CCNC(=O)C2CC23CCNCC3)cc1.Cl. The van der Waals surface area contributed by atoms with E-state index in [9.17, 15) is 4.79 Å². The number of benzene rings is 1. The van der Waals surface area contributed by atoms with Gasteiger partial charge in [0.15, 0.2) is 0 Å². The molecule has 1 amide bonds. The fourth-order valence-electron chi connectivity index (χ4n) is 3.57. The summed E-state index contributed by atoms with van der Waals surface area (Å²) in [5.41, 5.74) is 1.56. The van der Waals surface area contributed by atoms with Crippen LogP contribution in [0.3, 0.4) is 0 Å². The number of amides is 1. The van der Waals surface area contributed by atoms with Crippen molar-refractivity contribution in [2.75, 3.05) is 26.2 Å². The second kappa shape index (κ2) is 8.02. The van der Waals surface area contributed by atoms with Crippen LogP contribution in [-0.4, -0.2) is 32.1 Å². The van der Waals surface area contributed by atoms with E-state index >= 15 is 0 Å². The highest BCUT2D eigenvalue weighted by Crippen LogP contribution is 2.58. The third-order valence-corrected chi connectivity index (χ3v) is 5.05. The molecule has 1 unspecified atom stereocenters. The molecule has 1 aromatic rings. The molecular formula is C18H27ClN2O2. The highest BCUT2D eigenvalue weighted by atomic mass is 35.5. The number of nitrogens with one attached hydrogen (secondary N) is 2. The Labute approximate surface area is 144 Å². The number of carbonyl (C=O) groups excluding carboxylic acids is 1. The van der Waals surface area contributed by atoms with Gasteiger partial charge in [-0.15, -0.1) is 12.4 Å². The van der Waals surface area contributed by atoms with Gasteiger partial charge in [0.05, 0.1) is 6.61 Å². The first-order valence-corrected chi connectivity index (χ1v) is 8.44. The lowest BCUT2D eigenvalue weighted by Gasteiger charge is -2.23. The van der Waals surface area contributed by atoms with Crippen LogP contribution in [0.25, 0.3) is 0 Å². The van der Waals surface area contributed by atoms with Gasteiger partial charge in [-0.05, 0) is 68.8 Å². The third-order valence-electron chi connectivity index (χ3n) is 5.05. The van der Waals surface area contributed by atoms with E-state index in [1.165, 1.54) is 5.56 Å². The minimum absolute atomic E-state index is 0. The number of ether oxygens (including phenoxy) is 1. The average molecular weight is 339 g/mol. The lowest BCUT2D eigenvalue weighted by Crippen LogP contribution is -2.34. The van der Waals surface area contributed by atoms with Gasteiger partial charge in [0, 0.05) is 12.5 Å². The van der Waals surface area contributed by atoms with E-state index in [1.807, 2.05) is 19.1 Å². The molecule has 23 heavy (non-hydrogen) atoms. The first-order valence-electron chi connectivity index (χ1n) is 8.44. The van der Waals surface area contributed by atoms with Crippen LogP contribution in [0.2, 0.25) is 0 Å². The van der Waals surface area contributed by atoms with E-state index in [2.05, 4.69) is 22.8 Å². The van der Waals surface area contributed by atoms with Crippen LogP contribution in [0, 0.1) is 11.3 Å². The highest BCUT2D eigenvalue weighted by molar-refractivity contribution is 5.85. The molecule has 3 rings (SSSR count). The Morgan fingerprint density at radius 1 is 1.30 bits per heavy atom. The molecule has 1 saturated carbocycles. The van der Waals surface area contributed by atoms with Gasteiger partial charge in [0.1, 0.15) is 5.75 Å². The molecule has 2 N–H and O–H groups in total.